The summed E-state index contributed by atoms with van der Waals surface area (Å²) < 4.78 is 82.3. The van der Waals surface area contributed by atoms with Crippen LogP contribution in [0, 0.1) is 44.8 Å². The van der Waals surface area contributed by atoms with Gasteiger partial charge in [0.2, 0.25) is 6.29 Å². The van der Waals surface area contributed by atoms with E-state index in [4.69, 9.17) is 66.3 Å². The molecule has 33 nitrogen and oxygen atoms in total. The van der Waals surface area contributed by atoms with E-state index in [0.29, 0.717) is 44.9 Å². The summed E-state index contributed by atoms with van der Waals surface area (Å²) in [6.07, 6.45) is -42.9. The van der Waals surface area contributed by atoms with Crippen LogP contribution in [0.15, 0.2) is 23.8 Å². The molecule has 12 aliphatic rings. The second kappa shape index (κ2) is 29.7. The van der Waals surface area contributed by atoms with E-state index in [2.05, 4.69) is 47.3 Å². The third-order valence-electron chi connectivity index (χ3n) is 25.5. The summed E-state index contributed by atoms with van der Waals surface area (Å²) in [7, 11) is 0. The van der Waals surface area contributed by atoms with E-state index in [1.165, 1.54) is 6.92 Å². The number of aliphatic hydroxyl groups excluding tert-OH is 18. The number of esters is 1. The molecule has 0 bridgehead atoms. The van der Waals surface area contributed by atoms with Crippen LogP contribution in [0.4, 0.5) is 0 Å². The monoisotopic (exact) mass is 1440 g/mol. The molecule has 0 radical (unpaired) electrons. The van der Waals surface area contributed by atoms with Gasteiger partial charge >= 0.3 is 5.97 Å². The molecule has 0 aromatic heterocycles. The topological polar surface area (TPSA) is 510 Å². The van der Waals surface area contributed by atoms with Crippen molar-refractivity contribution in [3.8, 4) is 0 Å². The zero-order chi connectivity index (χ0) is 72.4. The maximum absolute atomic E-state index is 15.2. The van der Waals surface area contributed by atoms with Gasteiger partial charge in [-0.1, -0.05) is 58.4 Å². The van der Waals surface area contributed by atoms with Gasteiger partial charge in [-0.2, -0.15) is 0 Å². The van der Waals surface area contributed by atoms with Crippen molar-refractivity contribution >= 4 is 5.97 Å². The summed E-state index contributed by atoms with van der Waals surface area (Å²) in [5.41, 5.74) is -0.506. The Bertz CT molecular complexity index is 2860. The Morgan fingerprint density at radius 1 is 0.500 bits per heavy atom. The summed E-state index contributed by atoms with van der Waals surface area (Å²) >= 11 is 0. The third-order valence-corrected chi connectivity index (χ3v) is 25.5. The molecule has 39 atom stereocenters. The number of carbonyl (C=O) groups excluding carboxylic acids is 1. The predicted octanol–water partition coefficient (Wildman–Crippen LogP) is -5.45. The standard InChI is InChI=1S/C67H106O33/c1-25-10-15-67(62(86)100-60-47(82)43(78)41(76)34(94-60)24-91-55-48(83)44(79)53(33(19-68)93-55)98-59-46(81)42(77)38(73)26(2)92-59)17-16-65(6)27(28(67)18-25)8-9-36-64(5)13-12-37(63(3,4)35(64)11-14-66(36,65)7)95-57-49(84)52(32(72)22-88-57)97-61-54(40(75)30(70)21-90-61)99-58-50(85)51(31(71)23-89-58)96-56-45(80)39(74)29(69)20-87-56/h8,26,28-61,68-85H,1,9-24H2,2-7H3/t26-,28-,29+,30+,31+,32+,33+,34-,35-,36+,37-,38-,39+,40+,41-,42+,43+,44+,45-,46+,47-,48+,49-,50+,51-,52+,53+,54-,55+,56+,57+,58-,59-,60+,61+,64-,65+,66+,67-/m0/s1. The van der Waals surface area contributed by atoms with E-state index in [0.717, 1.165) is 30.4 Å². The number of aliphatic hydroxyl groups is 18. The van der Waals surface area contributed by atoms with Crippen LogP contribution in [0.1, 0.15) is 106 Å². The highest BCUT2D eigenvalue weighted by molar-refractivity contribution is 5.79. The van der Waals surface area contributed by atoms with Crippen molar-refractivity contribution in [3.63, 3.8) is 0 Å². The number of ether oxygens (including phenoxy) is 14. The summed E-state index contributed by atoms with van der Waals surface area (Å²) in [5, 5.41) is 196. The Balaban J connectivity index is 0.689. The summed E-state index contributed by atoms with van der Waals surface area (Å²) in [5.74, 6) is -0.786. The summed E-state index contributed by atoms with van der Waals surface area (Å²) in [4.78, 5) is 15.2. The molecule has 0 aromatic rings. The van der Waals surface area contributed by atoms with Crippen LogP contribution in [-0.4, -0.2) is 334 Å². The lowest BCUT2D eigenvalue weighted by molar-refractivity contribution is -0.378. The first kappa shape index (κ1) is 77.3. The first-order chi connectivity index (χ1) is 47.1. The minimum atomic E-state index is -1.92. The van der Waals surface area contributed by atoms with Gasteiger partial charge in [-0.25, -0.2) is 0 Å². The number of allylic oxidation sites excluding steroid dienone is 3. The van der Waals surface area contributed by atoms with E-state index in [-0.39, 0.29) is 35.2 Å². The number of hydrogen-bond donors (Lipinski definition) is 18. The Morgan fingerprint density at radius 2 is 1.04 bits per heavy atom. The van der Waals surface area contributed by atoms with Crippen molar-refractivity contribution in [2.75, 3.05) is 39.6 Å². The molecule has 12 rings (SSSR count). The molecule has 18 N–H and O–H groups in total. The highest BCUT2D eigenvalue weighted by Gasteiger charge is 2.70. The summed E-state index contributed by atoms with van der Waals surface area (Å²) in [6, 6.07) is 0. The molecular weight excluding hydrogens is 1330 g/mol. The number of hydrogen-bond acceptors (Lipinski definition) is 33. The van der Waals surface area contributed by atoms with Crippen LogP contribution in [0.2, 0.25) is 0 Å². The van der Waals surface area contributed by atoms with Gasteiger partial charge in [0.25, 0.3) is 0 Å². The fraction of sp³-hybridized carbons (Fsp3) is 0.925. The predicted molar refractivity (Wildman–Crippen MR) is 331 cm³/mol. The molecule has 33 heteroatoms. The number of fused-ring (bicyclic) bond motifs is 7. The third kappa shape index (κ3) is 13.6. The van der Waals surface area contributed by atoms with Gasteiger partial charge in [-0.05, 0) is 105 Å². The molecular formula is C67H106O33. The van der Waals surface area contributed by atoms with Gasteiger partial charge in [0.15, 0.2) is 37.7 Å². The average molecular weight is 1440 g/mol. The Labute approximate surface area is 577 Å². The van der Waals surface area contributed by atoms with Crippen molar-refractivity contribution in [2.45, 2.75) is 302 Å². The molecule has 7 aliphatic heterocycles. The SMILES string of the molecule is C=C1CC[C@]2(C(=O)O[C@H]3O[C@@H](CO[C@@H]4O[C@H](CO)[C@@H](O[C@@H]5O[C@@H](C)[C@H](O)[C@@H](O)[C@H]5O)[C@H](O)[C@H]4O)[C@H](O)[C@@H](O)[C@@H]3O)CC[C@]3(C)C(=CC[C@@H]4[C@@]5(C)CC[C@H](O[C@H]6OC[C@@H](O)[C@@H](O[C@H]7OC[C@@H](O)[C@@H](O)[C@@H]7O[C@@H]7OC[C@@H](O)[C@H](O[C@H]8OC[C@@H](O)[C@@H](O)[C@@H]8O)[C@H]7O)[C@@H]6O)C(C)(C)[C@@H]5CC[C@]43C)[C@@H]2C1. The van der Waals surface area contributed by atoms with E-state index >= 15 is 4.79 Å². The van der Waals surface area contributed by atoms with Crippen LogP contribution >= 0.6 is 0 Å². The molecule has 0 aromatic carbocycles. The van der Waals surface area contributed by atoms with Crippen molar-refractivity contribution in [1.82, 2.24) is 0 Å². The second-order valence-electron chi connectivity index (χ2n) is 31.5. The first-order valence-electron chi connectivity index (χ1n) is 35.2. The molecule has 11 fully saturated rings. The number of rotatable bonds is 16. The molecule has 0 unspecified atom stereocenters. The van der Waals surface area contributed by atoms with Crippen LogP contribution in [0.3, 0.4) is 0 Å². The molecule has 7 heterocycles. The van der Waals surface area contributed by atoms with E-state index < -0.39 is 252 Å². The molecule has 0 amide bonds. The highest BCUT2D eigenvalue weighted by atomic mass is 16.8. The highest BCUT2D eigenvalue weighted by Crippen LogP contribution is 2.76. The fourth-order valence-electron chi connectivity index (χ4n) is 19.3. The molecule has 7 saturated heterocycles. The number of carbonyl (C=O) groups is 1. The van der Waals surface area contributed by atoms with Crippen molar-refractivity contribution in [2.24, 2.45) is 44.8 Å². The van der Waals surface area contributed by atoms with Gasteiger partial charge in [0.05, 0.1) is 57.3 Å². The smallest absolute Gasteiger partial charge is 0.315 e. The first-order valence-corrected chi connectivity index (χ1v) is 35.2. The van der Waals surface area contributed by atoms with E-state index in [9.17, 15) is 91.9 Å². The van der Waals surface area contributed by atoms with Gasteiger partial charge in [-0.3, -0.25) is 4.79 Å². The molecule has 100 heavy (non-hydrogen) atoms. The Hall–Kier alpha value is -2.29. The zero-order valence-corrected chi connectivity index (χ0v) is 57.0. The maximum Gasteiger partial charge on any atom is 0.315 e. The second-order valence-corrected chi connectivity index (χ2v) is 31.5. The van der Waals surface area contributed by atoms with Gasteiger partial charge in [0, 0.05) is 5.92 Å². The molecule has 0 spiro atoms. The van der Waals surface area contributed by atoms with Crippen molar-refractivity contribution in [1.29, 1.82) is 0 Å². The maximum atomic E-state index is 15.2. The molecule has 4 saturated carbocycles. The summed E-state index contributed by atoms with van der Waals surface area (Å²) in [6.45, 7) is 13.9. The van der Waals surface area contributed by atoms with E-state index in [1.54, 1.807) is 0 Å². The van der Waals surface area contributed by atoms with Crippen molar-refractivity contribution in [3.05, 3.63) is 23.8 Å². The Kier molecular flexibility index (Phi) is 23.0. The lowest BCUT2D eigenvalue weighted by Gasteiger charge is -2.71. The average Bonchev–Trinajstić information content (AvgIpc) is 0.676. The van der Waals surface area contributed by atoms with Gasteiger partial charge < -0.3 is 158 Å². The van der Waals surface area contributed by atoms with Crippen molar-refractivity contribution < 1.29 is 163 Å². The van der Waals surface area contributed by atoms with Gasteiger partial charge in [-0.15, -0.1) is 0 Å². The van der Waals surface area contributed by atoms with Gasteiger partial charge in [0.1, 0.15) is 140 Å². The molecule has 5 aliphatic carbocycles. The normalized spacial score (nSPS) is 54.3. The quantitative estimate of drug-likeness (QED) is 0.0389. The molecule has 572 valence electrons. The minimum absolute atomic E-state index is 0.0853. The van der Waals surface area contributed by atoms with Crippen LogP contribution in [0.5, 0.6) is 0 Å². The fourth-order valence-corrected chi connectivity index (χ4v) is 19.3. The van der Waals surface area contributed by atoms with E-state index in [1.807, 2.05) is 0 Å². The van der Waals surface area contributed by atoms with Crippen LogP contribution < -0.4 is 0 Å². The lowest BCUT2D eigenvalue weighted by atomic mass is 9.34. The largest absolute Gasteiger partial charge is 0.432 e. The van der Waals surface area contributed by atoms with Crippen LogP contribution in [0.25, 0.3) is 0 Å². The minimum Gasteiger partial charge on any atom is -0.432 e. The lowest BCUT2D eigenvalue weighted by Crippen LogP contribution is -2.66. The zero-order valence-electron chi connectivity index (χ0n) is 57.0. The Morgan fingerprint density at radius 3 is 1.70 bits per heavy atom. The van der Waals surface area contributed by atoms with Crippen LogP contribution in [-0.2, 0) is 71.1 Å².